The van der Waals surface area contributed by atoms with Gasteiger partial charge in [0.25, 0.3) is 5.91 Å². The Morgan fingerprint density at radius 3 is 2.84 bits per heavy atom. The van der Waals surface area contributed by atoms with E-state index >= 15 is 0 Å². The van der Waals surface area contributed by atoms with E-state index in [0.717, 1.165) is 17.3 Å². The zero-order valence-corrected chi connectivity index (χ0v) is 11.3. The van der Waals surface area contributed by atoms with Gasteiger partial charge in [0.05, 0.1) is 0 Å². The van der Waals surface area contributed by atoms with Crippen LogP contribution in [-0.4, -0.2) is 16.9 Å². The molecule has 1 aromatic heterocycles. The first kappa shape index (κ1) is 12.3. The molecule has 3 heteroatoms. The summed E-state index contributed by atoms with van der Waals surface area (Å²) in [6.07, 6.45) is 4.84. The predicted molar refractivity (Wildman–Crippen MR) is 77.2 cm³/mol. The van der Waals surface area contributed by atoms with Crippen molar-refractivity contribution in [3.05, 3.63) is 36.0 Å². The Balaban J connectivity index is 1.76. The van der Waals surface area contributed by atoms with E-state index < -0.39 is 0 Å². The lowest BCUT2D eigenvalue weighted by Gasteiger charge is -2.29. The first-order valence-electron chi connectivity index (χ1n) is 7.12. The van der Waals surface area contributed by atoms with Crippen LogP contribution in [0.2, 0.25) is 0 Å². The average molecular weight is 256 g/mol. The van der Waals surface area contributed by atoms with E-state index in [1.165, 1.54) is 19.3 Å². The van der Waals surface area contributed by atoms with E-state index in [9.17, 15) is 4.79 Å². The summed E-state index contributed by atoms with van der Waals surface area (Å²) in [6, 6.07) is 10.2. The average Bonchev–Trinajstić information content (AvgIpc) is 2.85. The van der Waals surface area contributed by atoms with Gasteiger partial charge in [-0.05, 0) is 30.9 Å². The molecule has 1 aliphatic carbocycles. The molecule has 0 unspecified atom stereocenters. The van der Waals surface area contributed by atoms with E-state index in [0.29, 0.717) is 17.7 Å². The van der Waals surface area contributed by atoms with Gasteiger partial charge >= 0.3 is 0 Å². The predicted octanol–water partition coefficient (Wildman–Crippen LogP) is 3.48. The molecule has 0 spiro atoms. The molecule has 1 amide bonds. The second kappa shape index (κ2) is 5.08. The monoisotopic (exact) mass is 256 g/mol. The van der Waals surface area contributed by atoms with Crippen molar-refractivity contribution in [2.75, 3.05) is 0 Å². The molecule has 3 rings (SSSR count). The van der Waals surface area contributed by atoms with Crippen molar-refractivity contribution in [3.8, 4) is 0 Å². The minimum Gasteiger partial charge on any atom is -0.351 e. The number of para-hydroxylation sites is 1. The van der Waals surface area contributed by atoms with Crippen molar-refractivity contribution in [3.63, 3.8) is 0 Å². The topological polar surface area (TPSA) is 44.9 Å². The SMILES string of the molecule is C[C@H]1CCCC[C@@H]1NC(=O)c1cc2ccccc2[nH]1. The van der Waals surface area contributed by atoms with Crippen LogP contribution in [-0.2, 0) is 0 Å². The Morgan fingerprint density at radius 2 is 2.05 bits per heavy atom. The Bertz CT molecular complexity index is 554. The van der Waals surface area contributed by atoms with Gasteiger partial charge in [-0.3, -0.25) is 4.79 Å². The van der Waals surface area contributed by atoms with Crippen LogP contribution in [0.5, 0.6) is 0 Å². The fourth-order valence-corrected chi connectivity index (χ4v) is 2.97. The quantitative estimate of drug-likeness (QED) is 0.849. The highest BCUT2D eigenvalue weighted by molar-refractivity contribution is 5.98. The highest BCUT2D eigenvalue weighted by Crippen LogP contribution is 2.24. The number of aromatic amines is 1. The third-order valence-electron chi connectivity index (χ3n) is 4.20. The lowest BCUT2D eigenvalue weighted by molar-refractivity contribution is 0.0906. The van der Waals surface area contributed by atoms with Gasteiger partial charge in [0.2, 0.25) is 0 Å². The Labute approximate surface area is 113 Å². The van der Waals surface area contributed by atoms with Crippen LogP contribution in [0.25, 0.3) is 10.9 Å². The van der Waals surface area contributed by atoms with Crippen LogP contribution in [0.4, 0.5) is 0 Å². The zero-order valence-electron chi connectivity index (χ0n) is 11.3. The number of H-pyrrole nitrogens is 1. The van der Waals surface area contributed by atoms with Gasteiger partial charge in [0, 0.05) is 16.9 Å². The summed E-state index contributed by atoms with van der Waals surface area (Å²) in [4.78, 5) is 15.5. The van der Waals surface area contributed by atoms with Gasteiger partial charge in [0.15, 0.2) is 0 Å². The summed E-state index contributed by atoms with van der Waals surface area (Å²) in [5, 5.41) is 4.26. The number of amides is 1. The molecule has 2 aromatic rings. The molecule has 1 saturated carbocycles. The number of benzene rings is 1. The number of nitrogens with one attached hydrogen (secondary N) is 2. The molecule has 100 valence electrons. The van der Waals surface area contributed by atoms with Gasteiger partial charge in [0.1, 0.15) is 5.69 Å². The van der Waals surface area contributed by atoms with Crippen LogP contribution in [0.1, 0.15) is 43.1 Å². The van der Waals surface area contributed by atoms with E-state index in [1.807, 2.05) is 30.3 Å². The standard InChI is InChI=1S/C16H20N2O/c1-11-6-2-4-8-13(11)18-16(19)15-10-12-7-3-5-9-14(12)17-15/h3,5,7,9-11,13,17H,2,4,6,8H2,1H3,(H,18,19)/t11-,13-/m0/s1. The molecule has 2 atom stereocenters. The lowest BCUT2D eigenvalue weighted by atomic mass is 9.86. The van der Waals surface area contributed by atoms with Crippen molar-refractivity contribution in [1.82, 2.24) is 10.3 Å². The third-order valence-corrected chi connectivity index (χ3v) is 4.20. The Morgan fingerprint density at radius 1 is 1.26 bits per heavy atom. The maximum atomic E-state index is 12.3. The zero-order chi connectivity index (χ0) is 13.2. The molecule has 1 fully saturated rings. The summed E-state index contributed by atoms with van der Waals surface area (Å²) >= 11 is 0. The fraction of sp³-hybridized carbons (Fsp3) is 0.438. The van der Waals surface area contributed by atoms with E-state index in [4.69, 9.17) is 0 Å². The van der Waals surface area contributed by atoms with Gasteiger partial charge in [-0.1, -0.05) is 38.0 Å². The van der Waals surface area contributed by atoms with Gasteiger partial charge < -0.3 is 10.3 Å². The maximum Gasteiger partial charge on any atom is 0.267 e. The first-order valence-corrected chi connectivity index (χ1v) is 7.12. The summed E-state index contributed by atoms with van der Waals surface area (Å²) in [5.41, 5.74) is 1.68. The number of hydrogen-bond acceptors (Lipinski definition) is 1. The highest BCUT2D eigenvalue weighted by Gasteiger charge is 2.23. The molecule has 2 N–H and O–H groups in total. The number of fused-ring (bicyclic) bond motifs is 1. The second-order valence-corrected chi connectivity index (χ2v) is 5.61. The summed E-state index contributed by atoms with van der Waals surface area (Å²) in [7, 11) is 0. The number of rotatable bonds is 2. The Kier molecular flexibility index (Phi) is 3.28. The summed E-state index contributed by atoms with van der Waals surface area (Å²) in [5.74, 6) is 0.608. The molecule has 1 heterocycles. The molecule has 0 aliphatic heterocycles. The van der Waals surface area contributed by atoms with E-state index in [2.05, 4.69) is 17.2 Å². The van der Waals surface area contributed by atoms with Gasteiger partial charge in [-0.25, -0.2) is 0 Å². The molecule has 19 heavy (non-hydrogen) atoms. The minimum absolute atomic E-state index is 0.0231. The molecular weight excluding hydrogens is 236 g/mol. The molecular formula is C16H20N2O. The van der Waals surface area contributed by atoms with Gasteiger partial charge in [-0.2, -0.15) is 0 Å². The molecule has 0 bridgehead atoms. The normalized spacial score (nSPS) is 23.4. The number of hydrogen-bond donors (Lipinski definition) is 2. The van der Waals surface area contributed by atoms with E-state index in [1.54, 1.807) is 0 Å². The number of aromatic nitrogens is 1. The third kappa shape index (κ3) is 2.50. The number of carbonyl (C=O) groups is 1. The molecule has 1 aliphatic rings. The second-order valence-electron chi connectivity index (χ2n) is 5.61. The van der Waals surface area contributed by atoms with Crippen molar-refractivity contribution >= 4 is 16.8 Å². The largest absolute Gasteiger partial charge is 0.351 e. The van der Waals surface area contributed by atoms with Crippen LogP contribution in [0.3, 0.4) is 0 Å². The molecule has 0 radical (unpaired) electrons. The van der Waals surface area contributed by atoms with E-state index in [-0.39, 0.29) is 5.91 Å². The minimum atomic E-state index is 0.0231. The van der Waals surface area contributed by atoms with Crippen LogP contribution < -0.4 is 5.32 Å². The summed E-state index contributed by atoms with van der Waals surface area (Å²) < 4.78 is 0. The van der Waals surface area contributed by atoms with Crippen molar-refractivity contribution < 1.29 is 4.79 Å². The molecule has 3 nitrogen and oxygen atoms in total. The highest BCUT2D eigenvalue weighted by atomic mass is 16.1. The maximum absolute atomic E-state index is 12.3. The lowest BCUT2D eigenvalue weighted by Crippen LogP contribution is -2.41. The number of carbonyl (C=O) groups excluding carboxylic acids is 1. The molecule has 1 aromatic carbocycles. The van der Waals surface area contributed by atoms with Crippen LogP contribution in [0, 0.1) is 5.92 Å². The van der Waals surface area contributed by atoms with Gasteiger partial charge in [-0.15, -0.1) is 0 Å². The Hall–Kier alpha value is -1.77. The first-order chi connectivity index (χ1) is 9.24. The van der Waals surface area contributed by atoms with Crippen molar-refractivity contribution in [2.45, 2.75) is 38.6 Å². The molecule has 0 saturated heterocycles. The fourth-order valence-electron chi connectivity index (χ4n) is 2.97. The smallest absolute Gasteiger partial charge is 0.267 e. The van der Waals surface area contributed by atoms with Crippen molar-refractivity contribution in [2.24, 2.45) is 5.92 Å². The van der Waals surface area contributed by atoms with Crippen LogP contribution >= 0.6 is 0 Å². The van der Waals surface area contributed by atoms with Crippen molar-refractivity contribution in [1.29, 1.82) is 0 Å². The summed E-state index contributed by atoms with van der Waals surface area (Å²) in [6.45, 7) is 2.23. The van der Waals surface area contributed by atoms with Crippen LogP contribution in [0.15, 0.2) is 30.3 Å².